The fourth-order valence-electron chi connectivity index (χ4n) is 4.61. The summed E-state index contributed by atoms with van der Waals surface area (Å²) >= 11 is 0. The Morgan fingerprint density at radius 3 is 2.09 bits per heavy atom. The van der Waals surface area contributed by atoms with Gasteiger partial charge in [0.05, 0.1) is 24.2 Å². The molecule has 0 aromatic heterocycles. The maximum absolute atomic E-state index is 13.9. The third-order valence-electron chi connectivity index (χ3n) is 6.75. The summed E-state index contributed by atoms with van der Waals surface area (Å²) in [4.78, 5) is 35.0. The van der Waals surface area contributed by atoms with Gasteiger partial charge < -0.3 is 4.90 Å². The second-order valence-corrected chi connectivity index (χ2v) is 14.0. The van der Waals surface area contributed by atoms with E-state index in [9.17, 15) is 18.0 Å². The fourth-order valence-corrected chi connectivity index (χ4v) is 6.08. The summed E-state index contributed by atoms with van der Waals surface area (Å²) in [5.74, 6) is -2.57. The first kappa shape index (κ1) is 36.1. The van der Waals surface area contributed by atoms with Crippen molar-refractivity contribution in [2.24, 2.45) is 23.7 Å². The zero-order chi connectivity index (χ0) is 31.8. The lowest BCUT2D eigenvalue weighted by atomic mass is 9.82. The van der Waals surface area contributed by atoms with Crippen molar-refractivity contribution in [3.8, 4) is 0 Å². The maximum Gasteiger partial charge on any atom is 0.247 e. The van der Waals surface area contributed by atoms with Crippen molar-refractivity contribution in [1.29, 1.82) is 0 Å². The van der Waals surface area contributed by atoms with Crippen molar-refractivity contribution in [3.63, 3.8) is 0 Å². The molecule has 0 saturated heterocycles. The minimum Gasteiger partial charge on any atom is -0.309 e. The van der Waals surface area contributed by atoms with Gasteiger partial charge in [0.2, 0.25) is 21.8 Å². The van der Waals surface area contributed by atoms with Crippen LogP contribution in [-0.2, 0) is 31.1 Å². The normalized spacial score (nSPS) is 13.6. The number of nitrogens with zero attached hydrogens (tertiary/aromatic N) is 2. The van der Waals surface area contributed by atoms with E-state index in [-0.39, 0.29) is 37.2 Å². The molecule has 0 aliphatic carbocycles. The Kier molecular flexibility index (Phi) is 15.6. The molecule has 0 unspecified atom stereocenters. The van der Waals surface area contributed by atoms with Crippen molar-refractivity contribution < 1.29 is 22.8 Å². The van der Waals surface area contributed by atoms with E-state index in [2.05, 4.69) is 10.9 Å². The van der Waals surface area contributed by atoms with E-state index in [0.717, 1.165) is 15.5 Å². The molecule has 0 radical (unpaired) electrons. The smallest absolute Gasteiger partial charge is 0.247 e. The molecule has 2 aromatic rings. The van der Waals surface area contributed by atoms with Crippen LogP contribution in [0.1, 0.15) is 58.1 Å². The number of hydroxylamine groups is 1. The van der Waals surface area contributed by atoms with Gasteiger partial charge in [-0.15, -0.1) is 4.41 Å². The van der Waals surface area contributed by atoms with Crippen LogP contribution < -0.4 is 10.9 Å². The average Bonchev–Trinajstić information content (AvgIpc) is 2.94. The molecule has 238 valence electrons. The lowest BCUT2D eigenvalue weighted by Crippen LogP contribution is -2.52. The number of sulfonamides is 1. The van der Waals surface area contributed by atoms with Crippen molar-refractivity contribution in [3.05, 3.63) is 77.9 Å². The Morgan fingerprint density at radius 2 is 1.51 bits per heavy atom. The summed E-state index contributed by atoms with van der Waals surface area (Å²) in [7, 11) is -0.00501. The van der Waals surface area contributed by atoms with Crippen LogP contribution in [0.3, 0.4) is 0 Å². The first-order chi connectivity index (χ1) is 20.4. The predicted molar refractivity (Wildman–Crippen MR) is 173 cm³/mol. The number of hydrogen-bond acceptors (Lipinski definition) is 6. The highest BCUT2D eigenvalue weighted by molar-refractivity contribution is 7.89. The van der Waals surface area contributed by atoms with E-state index in [1.165, 1.54) is 0 Å². The van der Waals surface area contributed by atoms with E-state index in [0.29, 0.717) is 19.4 Å². The summed E-state index contributed by atoms with van der Waals surface area (Å²) in [5.41, 5.74) is 7.12. The molecule has 0 aliphatic heterocycles. The number of carbonyl (C=O) groups is 2. The van der Waals surface area contributed by atoms with Crippen LogP contribution in [0, 0.1) is 23.7 Å². The van der Waals surface area contributed by atoms with Gasteiger partial charge in [0.1, 0.15) is 0 Å². The van der Waals surface area contributed by atoms with E-state index < -0.39 is 33.7 Å². The van der Waals surface area contributed by atoms with Crippen LogP contribution in [0.15, 0.2) is 66.7 Å². The van der Waals surface area contributed by atoms with Gasteiger partial charge in [0, 0.05) is 6.54 Å². The third kappa shape index (κ3) is 13.9. The van der Waals surface area contributed by atoms with Gasteiger partial charge in [0.25, 0.3) is 0 Å². The lowest BCUT2D eigenvalue weighted by Gasteiger charge is -2.30. The SMILES string of the molecule is CC(C)C[C@@H](C(=O)NN(CC(C)C)S(=O)(=O)CCCN(C)C)[C@H](CC=Cc1ccccc1)C(=O)NOCc1ccccc1. The molecule has 9 nitrogen and oxygen atoms in total. The molecule has 0 bridgehead atoms. The number of nitrogens with one attached hydrogen (secondary N) is 2. The maximum atomic E-state index is 13.9. The largest absolute Gasteiger partial charge is 0.309 e. The Hall–Kier alpha value is -3.05. The minimum atomic E-state index is -3.78. The average molecular weight is 615 g/mol. The zero-order valence-electron chi connectivity index (χ0n) is 26.5. The van der Waals surface area contributed by atoms with Crippen LogP contribution in [0.4, 0.5) is 0 Å². The lowest BCUT2D eigenvalue weighted by molar-refractivity contribution is -0.145. The number of allylic oxidation sites excluding steroid dienone is 1. The highest BCUT2D eigenvalue weighted by atomic mass is 32.2. The molecule has 10 heteroatoms. The topological polar surface area (TPSA) is 108 Å². The molecule has 2 aromatic carbocycles. The molecule has 2 rings (SSSR count). The first-order valence-electron chi connectivity index (χ1n) is 15.0. The second kappa shape index (κ2) is 18.6. The van der Waals surface area contributed by atoms with Crippen molar-refractivity contribution in [1.82, 2.24) is 20.2 Å². The van der Waals surface area contributed by atoms with Crippen LogP contribution in [0.25, 0.3) is 6.08 Å². The Balaban J connectivity index is 2.31. The van der Waals surface area contributed by atoms with Gasteiger partial charge >= 0.3 is 0 Å². The highest BCUT2D eigenvalue weighted by Crippen LogP contribution is 2.26. The number of rotatable bonds is 19. The molecular weight excluding hydrogens is 564 g/mol. The highest BCUT2D eigenvalue weighted by Gasteiger charge is 2.36. The number of hydrazine groups is 1. The summed E-state index contributed by atoms with van der Waals surface area (Å²) in [5, 5.41) is 0. The van der Waals surface area contributed by atoms with E-state index in [1.807, 2.05) is 120 Å². The van der Waals surface area contributed by atoms with E-state index >= 15 is 0 Å². The summed E-state index contributed by atoms with van der Waals surface area (Å²) in [6.07, 6.45) is 4.87. The molecule has 0 aliphatic rings. The Bertz CT molecular complexity index is 1230. The van der Waals surface area contributed by atoms with Crippen LogP contribution >= 0.6 is 0 Å². The van der Waals surface area contributed by atoms with Crippen molar-refractivity contribution >= 4 is 27.9 Å². The Morgan fingerprint density at radius 1 is 0.884 bits per heavy atom. The van der Waals surface area contributed by atoms with Gasteiger partial charge in [0.15, 0.2) is 0 Å². The van der Waals surface area contributed by atoms with E-state index in [1.54, 1.807) is 0 Å². The summed E-state index contributed by atoms with van der Waals surface area (Å²) < 4.78 is 27.7. The number of benzene rings is 2. The standard InChI is InChI=1S/C33H50N4O5S/c1-26(2)23-31(32(38)34-37(24-27(3)4)43(40,41)22-14-21-36(5)6)30(20-13-19-28-15-9-7-10-16-28)33(39)35-42-25-29-17-11-8-12-18-29/h7-13,15-19,26-27,30-31H,14,20-25H2,1-6H3,(H,34,38)(H,35,39)/t30-,31+/m0/s1. The van der Waals surface area contributed by atoms with Crippen molar-refractivity contribution in [2.45, 2.75) is 53.6 Å². The van der Waals surface area contributed by atoms with Gasteiger partial charge in [-0.05, 0) is 62.9 Å². The molecule has 43 heavy (non-hydrogen) atoms. The molecule has 0 heterocycles. The predicted octanol–water partition coefficient (Wildman–Crippen LogP) is 4.89. The quantitative estimate of drug-likeness (QED) is 0.218. The molecule has 0 spiro atoms. The molecule has 2 amide bonds. The van der Waals surface area contributed by atoms with Gasteiger partial charge in [-0.1, -0.05) is 101 Å². The molecule has 2 N–H and O–H groups in total. The second-order valence-electron chi connectivity index (χ2n) is 12.0. The number of hydrogen-bond donors (Lipinski definition) is 2. The first-order valence-corrected chi connectivity index (χ1v) is 16.6. The van der Waals surface area contributed by atoms with E-state index in [4.69, 9.17) is 4.84 Å². The monoisotopic (exact) mass is 614 g/mol. The number of carbonyl (C=O) groups excluding carboxylic acids is 2. The summed E-state index contributed by atoms with van der Waals surface area (Å²) in [6, 6.07) is 19.2. The van der Waals surface area contributed by atoms with Gasteiger partial charge in [-0.25, -0.2) is 13.9 Å². The van der Waals surface area contributed by atoms with Crippen LogP contribution in [0.5, 0.6) is 0 Å². The van der Waals surface area contributed by atoms with Gasteiger partial charge in [-0.2, -0.15) is 0 Å². The van der Waals surface area contributed by atoms with Crippen LogP contribution in [-0.4, -0.2) is 62.5 Å². The Labute approximate surface area is 258 Å². The molecular formula is C33H50N4O5S. The zero-order valence-corrected chi connectivity index (χ0v) is 27.3. The van der Waals surface area contributed by atoms with Crippen LogP contribution in [0.2, 0.25) is 0 Å². The number of amides is 2. The molecule has 2 atom stereocenters. The van der Waals surface area contributed by atoms with Crippen molar-refractivity contribution in [2.75, 3.05) is 32.9 Å². The molecule has 0 fully saturated rings. The summed E-state index contributed by atoms with van der Waals surface area (Å²) in [6.45, 7) is 8.67. The molecule has 0 saturated carbocycles. The third-order valence-corrected chi connectivity index (χ3v) is 8.46. The fraction of sp³-hybridized carbons (Fsp3) is 0.515. The minimum absolute atomic E-state index is 0.0215. The van der Waals surface area contributed by atoms with Gasteiger partial charge in [-0.3, -0.25) is 19.9 Å².